The first-order valence-electron chi connectivity index (χ1n) is 8.85. The molecule has 0 unspecified atom stereocenters. The van der Waals surface area contributed by atoms with Gasteiger partial charge in [-0.1, -0.05) is 12.5 Å². The summed E-state index contributed by atoms with van der Waals surface area (Å²) in [5, 5.41) is 1.93. The summed E-state index contributed by atoms with van der Waals surface area (Å²) in [6.07, 6.45) is 3.00. The first-order chi connectivity index (χ1) is 12.5. The Kier molecular flexibility index (Phi) is 5.84. The second-order valence-electron chi connectivity index (χ2n) is 6.39. The molecule has 26 heavy (non-hydrogen) atoms. The van der Waals surface area contributed by atoms with Gasteiger partial charge in [-0.3, -0.25) is 4.79 Å². The van der Waals surface area contributed by atoms with E-state index >= 15 is 0 Å². The molecule has 0 aliphatic carbocycles. The molecule has 0 N–H and O–H groups in total. The summed E-state index contributed by atoms with van der Waals surface area (Å²) in [5.41, 5.74) is 3.86. The van der Waals surface area contributed by atoms with Crippen LogP contribution in [0.4, 0.5) is 5.88 Å². The second kappa shape index (κ2) is 8.10. The fourth-order valence-electron chi connectivity index (χ4n) is 2.89. The van der Waals surface area contributed by atoms with Crippen LogP contribution < -0.4 is 10.3 Å². The molecule has 6 heteroatoms. The molecule has 0 amide bonds. The number of hydrogen-bond donors (Lipinski definition) is 0. The molecule has 1 aliphatic rings. The molecule has 0 spiro atoms. The molecule has 3 heterocycles. The fraction of sp³-hybridized carbons (Fsp3) is 0.450. The van der Waals surface area contributed by atoms with Crippen LogP contribution >= 0.6 is 11.3 Å². The lowest BCUT2D eigenvalue weighted by atomic mass is 10.1. The monoisotopic (exact) mass is 375 g/mol. The van der Waals surface area contributed by atoms with Crippen LogP contribution in [0.2, 0.25) is 0 Å². The van der Waals surface area contributed by atoms with Gasteiger partial charge in [0.25, 0.3) is 0 Å². The zero-order valence-corrected chi connectivity index (χ0v) is 16.6. The topological polar surface area (TPSA) is 51.9 Å². The standard InChI is InChI=1S/C20H25NO4S/c1-5-13(2)14(3)10-17(23-4)15-12-26-20-16(22)11-18(25-19(15)20)21-6-8-24-9-7-21/h10-12H,5-9H2,1-4H3/b14-13+,17-10-. The smallest absolute Gasteiger partial charge is 0.204 e. The van der Waals surface area contributed by atoms with Crippen molar-refractivity contribution in [3.05, 3.63) is 44.5 Å². The quantitative estimate of drug-likeness (QED) is 0.572. The SMILES string of the molecule is CC/C(C)=C(C)/C=C(\OC)c1csc2c(=O)cc(N3CCOCC3)oc12. The lowest BCUT2D eigenvalue weighted by molar-refractivity contribution is 0.121. The van der Waals surface area contributed by atoms with Gasteiger partial charge in [0.1, 0.15) is 10.5 Å². The van der Waals surface area contributed by atoms with Crippen molar-refractivity contribution < 1.29 is 13.9 Å². The van der Waals surface area contributed by atoms with Gasteiger partial charge in [0.15, 0.2) is 11.5 Å². The Labute approximate surface area is 157 Å². The largest absolute Gasteiger partial charge is 0.496 e. The Hall–Kier alpha value is -2.05. The lowest BCUT2D eigenvalue weighted by Crippen LogP contribution is -2.36. The van der Waals surface area contributed by atoms with Crippen molar-refractivity contribution in [2.45, 2.75) is 27.2 Å². The molecule has 3 rings (SSSR count). The maximum Gasteiger partial charge on any atom is 0.204 e. The van der Waals surface area contributed by atoms with Crippen LogP contribution in [0.1, 0.15) is 32.8 Å². The van der Waals surface area contributed by atoms with Crippen LogP contribution in [-0.2, 0) is 9.47 Å². The molecular weight excluding hydrogens is 350 g/mol. The number of morpholine rings is 1. The van der Waals surface area contributed by atoms with E-state index in [4.69, 9.17) is 13.9 Å². The zero-order chi connectivity index (χ0) is 18.7. The predicted octanol–water partition coefficient (Wildman–Crippen LogP) is 4.42. The number of methoxy groups -OCH3 is 1. The minimum absolute atomic E-state index is 0.0172. The summed E-state index contributed by atoms with van der Waals surface area (Å²) >= 11 is 1.39. The van der Waals surface area contributed by atoms with Crippen LogP contribution in [0.3, 0.4) is 0 Å². The Balaban J connectivity index is 2.10. The van der Waals surface area contributed by atoms with Gasteiger partial charge in [-0.2, -0.15) is 0 Å². The van der Waals surface area contributed by atoms with Gasteiger partial charge in [-0.05, 0) is 31.9 Å². The molecule has 0 atom stereocenters. The van der Waals surface area contributed by atoms with E-state index in [0.29, 0.717) is 35.1 Å². The highest BCUT2D eigenvalue weighted by atomic mass is 32.1. The van der Waals surface area contributed by atoms with Crippen molar-refractivity contribution >= 4 is 33.3 Å². The maximum absolute atomic E-state index is 12.6. The molecule has 0 bridgehead atoms. The van der Waals surface area contributed by atoms with E-state index in [1.165, 1.54) is 16.9 Å². The van der Waals surface area contributed by atoms with Crippen molar-refractivity contribution in [1.82, 2.24) is 0 Å². The first kappa shape index (κ1) is 18.7. The van der Waals surface area contributed by atoms with Crippen molar-refractivity contribution in [3.8, 4) is 0 Å². The van der Waals surface area contributed by atoms with Gasteiger partial charge in [0, 0.05) is 24.5 Å². The number of fused-ring (bicyclic) bond motifs is 1. The van der Waals surface area contributed by atoms with Crippen molar-refractivity contribution in [1.29, 1.82) is 0 Å². The van der Waals surface area contributed by atoms with E-state index in [9.17, 15) is 4.79 Å². The predicted molar refractivity (Wildman–Crippen MR) is 107 cm³/mol. The fourth-order valence-corrected chi connectivity index (χ4v) is 3.78. The Bertz CT molecular complexity index is 900. The highest BCUT2D eigenvalue weighted by Gasteiger charge is 2.19. The van der Waals surface area contributed by atoms with Gasteiger partial charge in [-0.25, -0.2) is 0 Å². The second-order valence-corrected chi connectivity index (χ2v) is 7.27. The van der Waals surface area contributed by atoms with Crippen LogP contribution in [-0.4, -0.2) is 33.4 Å². The number of hydrogen-bond acceptors (Lipinski definition) is 6. The normalized spacial score (nSPS) is 16.8. The molecule has 2 aromatic heterocycles. The van der Waals surface area contributed by atoms with E-state index in [-0.39, 0.29) is 5.43 Å². The zero-order valence-electron chi connectivity index (χ0n) is 15.8. The molecule has 0 radical (unpaired) electrons. The highest BCUT2D eigenvalue weighted by Crippen LogP contribution is 2.33. The third-order valence-corrected chi connectivity index (χ3v) is 5.77. The number of thiophene rings is 1. The molecule has 1 aliphatic heterocycles. The molecule has 5 nitrogen and oxygen atoms in total. The average molecular weight is 375 g/mol. The van der Waals surface area contributed by atoms with Crippen molar-refractivity contribution in [2.24, 2.45) is 0 Å². The molecular formula is C20H25NO4S. The number of ether oxygens (including phenoxy) is 2. The minimum Gasteiger partial charge on any atom is -0.496 e. The summed E-state index contributed by atoms with van der Waals surface area (Å²) in [7, 11) is 1.65. The van der Waals surface area contributed by atoms with Crippen LogP contribution in [0, 0.1) is 0 Å². The summed E-state index contributed by atoms with van der Waals surface area (Å²) < 4.78 is 17.8. The molecule has 2 aromatic rings. The van der Waals surface area contributed by atoms with Gasteiger partial charge in [0.05, 0.1) is 25.9 Å². The van der Waals surface area contributed by atoms with E-state index in [1.807, 2.05) is 16.4 Å². The molecule has 1 saturated heterocycles. The maximum atomic E-state index is 12.6. The van der Waals surface area contributed by atoms with Crippen LogP contribution in [0.25, 0.3) is 16.0 Å². The Morgan fingerprint density at radius 1 is 1.35 bits per heavy atom. The lowest BCUT2D eigenvalue weighted by Gasteiger charge is -2.27. The minimum atomic E-state index is -0.0172. The third-order valence-electron chi connectivity index (χ3n) is 4.79. The van der Waals surface area contributed by atoms with Gasteiger partial charge in [-0.15, -0.1) is 11.3 Å². The van der Waals surface area contributed by atoms with Crippen molar-refractivity contribution in [3.63, 3.8) is 0 Å². The van der Waals surface area contributed by atoms with Crippen molar-refractivity contribution in [2.75, 3.05) is 38.3 Å². The summed E-state index contributed by atoms with van der Waals surface area (Å²) in [4.78, 5) is 14.6. The number of allylic oxidation sites excluding steroid dienone is 3. The van der Waals surface area contributed by atoms with Crippen LogP contribution in [0.5, 0.6) is 0 Å². The van der Waals surface area contributed by atoms with E-state index in [1.54, 1.807) is 13.2 Å². The Morgan fingerprint density at radius 3 is 2.73 bits per heavy atom. The first-order valence-corrected chi connectivity index (χ1v) is 9.73. The molecule has 1 fully saturated rings. The van der Waals surface area contributed by atoms with Gasteiger partial charge >= 0.3 is 0 Å². The summed E-state index contributed by atoms with van der Waals surface area (Å²) in [6.45, 7) is 9.04. The summed E-state index contributed by atoms with van der Waals surface area (Å²) in [5.74, 6) is 1.31. The van der Waals surface area contributed by atoms with E-state index in [2.05, 4.69) is 20.8 Å². The molecule has 0 saturated carbocycles. The van der Waals surface area contributed by atoms with Gasteiger partial charge < -0.3 is 18.8 Å². The Morgan fingerprint density at radius 2 is 2.08 bits per heavy atom. The van der Waals surface area contributed by atoms with E-state index < -0.39 is 0 Å². The molecule has 140 valence electrons. The van der Waals surface area contributed by atoms with E-state index in [0.717, 1.165) is 30.6 Å². The number of anilines is 1. The average Bonchev–Trinajstić information content (AvgIpc) is 3.10. The number of rotatable bonds is 5. The van der Waals surface area contributed by atoms with Gasteiger partial charge in [0.2, 0.25) is 5.43 Å². The third kappa shape index (κ3) is 3.71. The highest BCUT2D eigenvalue weighted by molar-refractivity contribution is 7.17. The number of nitrogens with zero attached hydrogens (tertiary/aromatic N) is 1. The molecule has 0 aromatic carbocycles. The van der Waals surface area contributed by atoms with Crippen LogP contribution in [0.15, 0.2) is 37.9 Å². The summed E-state index contributed by atoms with van der Waals surface area (Å²) in [6, 6.07) is 1.58.